The molecule has 0 amide bonds. The lowest BCUT2D eigenvalue weighted by molar-refractivity contribution is 0.839. The summed E-state index contributed by atoms with van der Waals surface area (Å²) in [5.41, 5.74) is 10.4. The summed E-state index contributed by atoms with van der Waals surface area (Å²) in [4.78, 5) is 0. The number of nitrogens with two attached hydrogens (primary N) is 1. The average Bonchev–Trinajstić information content (AvgIpc) is 2.78. The van der Waals surface area contributed by atoms with Crippen molar-refractivity contribution in [1.82, 2.24) is 4.57 Å². The summed E-state index contributed by atoms with van der Waals surface area (Å²) in [5, 5.41) is 1.96. The third-order valence-corrected chi connectivity index (χ3v) is 3.72. The monoisotopic (exact) mass is 270 g/mol. The van der Waals surface area contributed by atoms with Crippen LogP contribution in [0, 0.1) is 6.92 Å². The van der Waals surface area contributed by atoms with E-state index in [2.05, 4.69) is 42.0 Å². The van der Waals surface area contributed by atoms with Crippen LogP contribution in [0.25, 0.3) is 10.9 Å². The highest BCUT2D eigenvalue weighted by molar-refractivity contribution is 6.30. The highest BCUT2D eigenvalue weighted by atomic mass is 35.5. The lowest BCUT2D eigenvalue weighted by Crippen LogP contribution is -2.01. The summed E-state index contributed by atoms with van der Waals surface area (Å²) in [6, 6.07) is 14.2. The molecule has 0 saturated carbocycles. The summed E-state index contributed by atoms with van der Waals surface area (Å²) in [6.45, 7) is 2.89. The van der Waals surface area contributed by atoms with E-state index in [1.807, 2.05) is 12.1 Å². The molecule has 0 unspecified atom stereocenters. The molecule has 0 aliphatic rings. The molecule has 1 aromatic heterocycles. The maximum atomic E-state index is 6.01. The number of benzene rings is 2. The van der Waals surface area contributed by atoms with Gasteiger partial charge in [-0.2, -0.15) is 0 Å². The molecule has 0 fully saturated rings. The Morgan fingerprint density at radius 2 is 2.00 bits per heavy atom. The number of nitrogen functional groups attached to an aromatic ring is 1. The first kappa shape index (κ1) is 12.1. The molecule has 0 radical (unpaired) electrons. The Labute approximate surface area is 117 Å². The second-order valence-electron chi connectivity index (χ2n) is 4.79. The van der Waals surface area contributed by atoms with Gasteiger partial charge >= 0.3 is 0 Å². The minimum Gasteiger partial charge on any atom is -0.398 e. The van der Waals surface area contributed by atoms with Gasteiger partial charge in [-0.1, -0.05) is 29.8 Å². The number of hydrogen-bond donors (Lipinski definition) is 1. The summed E-state index contributed by atoms with van der Waals surface area (Å²) >= 11 is 5.93. The number of aryl methyl sites for hydroxylation is 1. The third kappa shape index (κ3) is 2.20. The molecule has 96 valence electrons. The van der Waals surface area contributed by atoms with Gasteiger partial charge in [0, 0.05) is 34.4 Å². The Hall–Kier alpha value is -1.93. The highest BCUT2D eigenvalue weighted by Gasteiger charge is 2.05. The van der Waals surface area contributed by atoms with E-state index in [9.17, 15) is 0 Å². The number of aromatic nitrogens is 1. The predicted octanol–water partition coefficient (Wildman–Crippen LogP) is 4.23. The van der Waals surface area contributed by atoms with Crippen molar-refractivity contribution in [2.75, 3.05) is 5.73 Å². The molecule has 1 heterocycles. The molecule has 0 atom stereocenters. The number of nitrogens with zero attached hydrogens (tertiary/aromatic N) is 1. The van der Waals surface area contributed by atoms with Crippen LogP contribution in [0.2, 0.25) is 5.02 Å². The maximum Gasteiger partial charge on any atom is 0.0496 e. The van der Waals surface area contributed by atoms with Gasteiger partial charge < -0.3 is 10.3 Å². The smallest absolute Gasteiger partial charge is 0.0496 e. The minimum atomic E-state index is 0.675. The van der Waals surface area contributed by atoms with Crippen LogP contribution in [0.1, 0.15) is 11.1 Å². The zero-order valence-electron chi connectivity index (χ0n) is 10.7. The molecule has 2 N–H and O–H groups in total. The Morgan fingerprint density at radius 3 is 2.79 bits per heavy atom. The number of hydrogen-bond acceptors (Lipinski definition) is 1. The first-order valence-corrected chi connectivity index (χ1v) is 6.61. The van der Waals surface area contributed by atoms with E-state index in [1.165, 1.54) is 16.5 Å². The highest BCUT2D eigenvalue weighted by Crippen LogP contribution is 2.23. The Kier molecular flexibility index (Phi) is 2.96. The third-order valence-electron chi connectivity index (χ3n) is 3.48. The second-order valence-corrected chi connectivity index (χ2v) is 5.23. The van der Waals surface area contributed by atoms with Crippen LogP contribution in [-0.2, 0) is 6.54 Å². The average molecular weight is 271 g/mol. The summed E-state index contributed by atoms with van der Waals surface area (Å²) < 4.78 is 2.21. The molecule has 0 aliphatic heterocycles. The van der Waals surface area contributed by atoms with Crippen molar-refractivity contribution in [3.8, 4) is 0 Å². The van der Waals surface area contributed by atoms with Crippen molar-refractivity contribution < 1.29 is 0 Å². The molecule has 0 spiro atoms. The molecule has 19 heavy (non-hydrogen) atoms. The molecular weight excluding hydrogens is 256 g/mol. The predicted molar refractivity (Wildman–Crippen MR) is 81.6 cm³/mol. The van der Waals surface area contributed by atoms with Crippen molar-refractivity contribution in [2.24, 2.45) is 0 Å². The first-order chi connectivity index (χ1) is 9.15. The number of halogens is 1. The molecule has 0 saturated heterocycles. The van der Waals surface area contributed by atoms with Crippen molar-refractivity contribution in [2.45, 2.75) is 13.5 Å². The van der Waals surface area contributed by atoms with E-state index >= 15 is 0 Å². The second kappa shape index (κ2) is 4.63. The van der Waals surface area contributed by atoms with Crippen LogP contribution in [-0.4, -0.2) is 4.57 Å². The zero-order valence-corrected chi connectivity index (χ0v) is 11.5. The Bertz CT molecular complexity index is 744. The molecule has 0 bridgehead atoms. The summed E-state index contributed by atoms with van der Waals surface area (Å²) in [5.74, 6) is 0. The molecule has 2 aromatic carbocycles. The molecule has 3 heteroatoms. The topological polar surface area (TPSA) is 30.9 Å². The maximum absolute atomic E-state index is 6.01. The van der Waals surface area contributed by atoms with Crippen LogP contribution < -0.4 is 5.73 Å². The van der Waals surface area contributed by atoms with Crippen LogP contribution in [0.5, 0.6) is 0 Å². The first-order valence-electron chi connectivity index (χ1n) is 6.23. The van der Waals surface area contributed by atoms with E-state index in [-0.39, 0.29) is 0 Å². The molecule has 3 rings (SSSR count). The Balaban J connectivity index is 2.04. The zero-order chi connectivity index (χ0) is 13.4. The lowest BCUT2D eigenvalue weighted by atomic mass is 10.1. The van der Waals surface area contributed by atoms with Gasteiger partial charge in [0.15, 0.2) is 0 Å². The van der Waals surface area contributed by atoms with E-state index in [0.717, 1.165) is 17.8 Å². The van der Waals surface area contributed by atoms with E-state index in [0.29, 0.717) is 5.02 Å². The Morgan fingerprint density at radius 1 is 1.16 bits per heavy atom. The summed E-state index contributed by atoms with van der Waals surface area (Å²) in [7, 11) is 0. The van der Waals surface area contributed by atoms with Crippen LogP contribution in [0.15, 0.2) is 48.7 Å². The molecule has 0 aliphatic carbocycles. The standard InChI is InChI=1S/C16H15ClN2/c1-11-3-2-4-16-14(11)7-8-19(16)10-12-5-6-13(17)9-15(12)18/h2-9H,10,18H2,1H3. The van der Waals surface area contributed by atoms with E-state index in [4.69, 9.17) is 17.3 Å². The molecule has 3 aromatic rings. The van der Waals surface area contributed by atoms with Gasteiger partial charge in [-0.15, -0.1) is 0 Å². The van der Waals surface area contributed by atoms with Gasteiger partial charge in [-0.05, 0) is 42.3 Å². The molecular formula is C16H15ClN2. The fourth-order valence-electron chi connectivity index (χ4n) is 2.41. The fraction of sp³-hybridized carbons (Fsp3) is 0.125. The normalized spacial score (nSPS) is 11.1. The van der Waals surface area contributed by atoms with Crippen molar-refractivity contribution in [1.29, 1.82) is 0 Å². The van der Waals surface area contributed by atoms with Crippen LogP contribution in [0.4, 0.5) is 5.69 Å². The fourth-order valence-corrected chi connectivity index (χ4v) is 2.59. The van der Waals surface area contributed by atoms with Crippen LogP contribution in [0.3, 0.4) is 0 Å². The van der Waals surface area contributed by atoms with Gasteiger partial charge in [-0.25, -0.2) is 0 Å². The SMILES string of the molecule is Cc1cccc2c1ccn2Cc1ccc(Cl)cc1N. The van der Waals surface area contributed by atoms with Crippen molar-refractivity contribution in [3.63, 3.8) is 0 Å². The molecule has 2 nitrogen and oxygen atoms in total. The summed E-state index contributed by atoms with van der Waals surface area (Å²) in [6.07, 6.45) is 2.10. The quantitative estimate of drug-likeness (QED) is 0.694. The van der Waals surface area contributed by atoms with Gasteiger partial charge in [0.05, 0.1) is 0 Å². The minimum absolute atomic E-state index is 0.675. The van der Waals surface area contributed by atoms with Crippen molar-refractivity contribution >= 4 is 28.2 Å². The lowest BCUT2D eigenvalue weighted by Gasteiger charge is -2.09. The largest absolute Gasteiger partial charge is 0.398 e. The van der Waals surface area contributed by atoms with Crippen molar-refractivity contribution in [3.05, 3.63) is 64.8 Å². The number of rotatable bonds is 2. The van der Waals surface area contributed by atoms with E-state index in [1.54, 1.807) is 6.07 Å². The van der Waals surface area contributed by atoms with Gasteiger partial charge in [0.2, 0.25) is 0 Å². The number of fused-ring (bicyclic) bond motifs is 1. The van der Waals surface area contributed by atoms with Gasteiger partial charge in [-0.3, -0.25) is 0 Å². The number of anilines is 1. The van der Waals surface area contributed by atoms with Crippen LogP contribution >= 0.6 is 11.6 Å². The van der Waals surface area contributed by atoms with E-state index < -0.39 is 0 Å². The van der Waals surface area contributed by atoms with Gasteiger partial charge in [0.25, 0.3) is 0 Å². The van der Waals surface area contributed by atoms with Gasteiger partial charge in [0.1, 0.15) is 0 Å².